The Morgan fingerprint density at radius 1 is 1.45 bits per heavy atom. The number of halogens is 1. The van der Waals surface area contributed by atoms with Crippen molar-refractivity contribution in [3.05, 3.63) is 17.2 Å². The Morgan fingerprint density at radius 2 is 2.10 bits per heavy atom. The number of hydrogen-bond acceptors (Lipinski definition) is 3. The number of nitrogens with zero attached hydrogens (tertiary/aromatic N) is 4. The second-order valence-electron chi connectivity index (χ2n) is 5.63. The van der Waals surface area contributed by atoms with Crippen molar-refractivity contribution in [1.82, 2.24) is 19.4 Å². The summed E-state index contributed by atoms with van der Waals surface area (Å²) in [5, 5.41) is 0.610. The van der Waals surface area contributed by atoms with Gasteiger partial charge in [0.25, 0.3) is 0 Å². The first kappa shape index (κ1) is 15.3. The Hall–Kier alpha value is -1.07. The molecule has 0 spiro atoms. The molecule has 0 aliphatic carbocycles. The molecule has 2 heterocycles. The molecular weight excluding hydrogens is 276 g/mol. The normalized spacial score (nSPS) is 16.9. The molecule has 0 N–H and O–H groups in total. The number of carbonyl (C=O) groups is 1. The minimum atomic E-state index is 0.223. The van der Waals surface area contributed by atoms with Crippen molar-refractivity contribution in [1.29, 1.82) is 0 Å². The van der Waals surface area contributed by atoms with Crippen LogP contribution in [0.25, 0.3) is 0 Å². The zero-order valence-corrected chi connectivity index (χ0v) is 13.2. The second-order valence-corrected chi connectivity index (χ2v) is 6.02. The van der Waals surface area contributed by atoms with Gasteiger partial charge < -0.3 is 14.4 Å². The zero-order chi connectivity index (χ0) is 14.7. The van der Waals surface area contributed by atoms with Gasteiger partial charge in [-0.2, -0.15) is 0 Å². The van der Waals surface area contributed by atoms with Crippen LogP contribution in [0.5, 0.6) is 0 Å². The molecule has 1 aromatic rings. The summed E-state index contributed by atoms with van der Waals surface area (Å²) < 4.78 is 1.83. The van der Waals surface area contributed by atoms with Crippen LogP contribution in [0.2, 0.25) is 5.15 Å². The molecule has 0 atom stereocenters. The fraction of sp³-hybridized carbons (Fsp3) is 0.714. The van der Waals surface area contributed by atoms with Gasteiger partial charge in [-0.05, 0) is 26.9 Å². The quantitative estimate of drug-likeness (QED) is 0.847. The number of likely N-dealkylation sites (tertiary alicyclic amines) is 1. The molecule has 1 aromatic heterocycles. The van der Waals surface area contributed by atoms with Gasteiger partial charge in [0, 0.05) is 39.0 Å². The summed E-state index contributed by atoms with van der Waals surface area (Å²) in [7, 11) is 6.08. The summed E-state index contributed by atoms with van der Waals surface area (Å²) in [6.45, 7) is 1.73. The smallest absolute Gasteiger partial charge is 0.223 e. The van der Waals surface area contributed by atoms with E-state index < -0.39 is 0 Å². The standard InChI is InChI=1S/C14H23ClN4O/c1-17(2)11-6-8-19(9-7-11)14(20)5-4-13-16-10-12(15)18(13)3/h10-11H,4-9H2,1-3H3. The maximum Gasteiger partial charge on any atom is 0.223 e. The molecule has 0 unspecified atom stereocenters. The molecule has 1 fully saturated rings. The number of rotatable bonds is 4. The largest absolute Gasteiger partial charge is 0.343 e. The highest BCUT2D eigenvalue weighted by atomic mass is 35.5. The summed E-state index contributed by atoms with van der Waals surface area (Å²) in [5.74, 6) is 1.09. The van der Waals surface area contributed by atoms with Crippen molar-refractivity contribution in [2.75, 3.05) is 27.2 Å². The fourth-order valence-electron chi connectivity index (χ4n) is 2.67. The highest BCUT2D eigenvalue weighted by Crippen LogP contribution is 2.16. The number of imidazole rings is 1. The summed E-state index contributed by atoms with van der Waals surface area (Å²) in [6.07, 6.45) is 4.91. The number of aryl methyl sites for hydroxylation is 1. The van der Waals surface area contributed by atoms with E-state index in [1.165, 1.54) is 0 Å². The van der Waals surface area contributed by atoms with Gasteiger partial charge in [-0.3, -0.25) is 4.79 Å². The summed E-state index contributed by atoms with van der Waals surface area (Å²) >= 11 is 5.94. The zero-order valence-electron chi connectivity index (χ0n) is 12.5. The van der Waals surface area contributed by atoms with Gasteiger partial charge in [0.05, 0.1) is 6.20 Å². The third kappa shape index (κ3) is 3.52. The molecule has 20 heavy (non-hydrogen) atoms. The van der Waals surface area contributed by atoms with Crippen LogP contribution in [0.1, 0.15) is 25.1 Å². The number of amides is 1. The van der Waals surface area contributed by atoms with Crippen molar-refractivity contribution in [2.45, 2.75) is 31.7 Å². The summed E-state index contributed by atoms with van der Waals surface area (Å²) in [6, 6.07) is 0.604. The van der Waals surface area contributed by atoms with Crippen molar-refractivity contribution < 1.29 is 4.79 Å². The van der Waals surface area contributed by atoms with E-state index in [9.17, 15) is 4.79 Å². The molecule has 5 nitrogen and oxygen atoms in total. The SMILES string of the molecule is CN(C)C1CCN(C(=O)CCc2ncc(Cl)n2C)CC1. The van der Waals surface area contributed by atoms with Crippen molar-refractivity contribution in [3.8, 4) is 0 Å². The molecule has 1 saturated heterocycles. The van der Waals surface area contributed by atoms with E-state index in [4.69, 9.17) is 11.6 Å². The van der Waals surface area contributed by atoms with Crippen LogP contribution < -0.4 is 0 Å². The Labute approximate surface area is 125 Å². The Morgan fingerprint density at radius 3 is 2.60 bits per heavy atom. The van der Waals surface area contributed by atoms with E-state index in [0.717, 1.165) is 31.8 Å². The Balaban J connectivity index is 1.80. The Bertz CT molecular complexity index is 464. The van der Waals surface area contributed by atoms with Crippen molar-refractivity contribution >= 4 is 17.5 Å². The van der Waals surface area contributed by atoms with E-state index in [1.807, 2.05) is 16.5 Å². The highest BCUT2D eigenvalue weighted by Gasteiger charge is 2.23. The molecule has 1 amide bonds. The van der Waals surface area contributed by atoms with E-state index in [2.05, 4.69) is 24.0 Å². The van der Waals surface area contributed by atoms with Gasteiger partial charge in [-0.15, -0.1) is 0 Å². The number of piperidine rings is 1. The number of carbonyl (C=O) groups excluding carboxylic acids is 1. The first-order valence-corrected chi connectivity index (χ1v) is 7.47. The van der Waals surface area contributed by atoms with Crippen LogP contribution in [-0.4, -0.2) is 58.5 Å². The Kier molecular flexibility index (Phi) is 5.05. The predicted molar refractivity (Wildman–Crippen MR) is 79.8 cm³/mol. The summed E-state index contributed by atoms with van der Waals surface area (Å²) in [5.41, 5.74) is 0. The van der Waals surface area contributed by atoms with Crippen LogP contribution in [-0.2, 0) is 18.3 Å². The molecule has 0 bridgehead atoms. The molecule has 1 aliphatic rings. The maximum atomic E-state index is 12.2. The average molecular weight is 299 g/mol. The first-order valence-electron chi connectivity index (χ1n) is 7.09. The third-order valence-corrected chi connectivity index (χ3v) is 4.49. The van der Waals surface area contributed by atoms with Crippen LogP contribution in [0, 0.1) is 0 Å². The topological polar surface area (TPSA) is 41.4 Å². The lowest BCUT2D eigenvalue weighted by Crippen LogP contribution is -2.44. The van der Waals surface area contributed by atoms with Gasteiger partial charge in [0.1, 0.15) is 11.0 Å². The molecule has 0 radical (unpaired) electrons. The van der Waals surface area contributed by atoms with Gasteiger partial charge in [-0.25, -0.2) is 4.98 Å². The van der Waals surface area contributed by atoms with Crippen LogP contribution in [0.4, 0.5) is 0 Å². The molecule has 6 heteroatoms. The van der Waals surface area contributed by atoms with Crippen molar-refractivity contribution in [3.63, 3.8) is 0 Å². The molecular formula is C14H23ClN4O. The first-order chi connectivity index (χ1) is 9.49. The van der Waals surface area contributed by atoms with E-state index >= 15 is 0 Å². The molecule has 0 aromatic carbocycles. The minimum Gasteiger partial charge on any atom is -0.343 e. The fourth-order valence-corrected chi connectivity index (χ4v) is 2.81. The summed E-state index contributed by atoms with van der Waals surface area (Å²) in [4.78, 5) is 20.7. The third-order valence-electron chi connectivity index (χ3n) is 4.14. The maximum absolute atomic E-state index is 12.2. The van der Waals surface area contributed by atoms with E-state index in [1.54, 1.807) is 6.20 Å². The lowest BCUT2D eigenvalue weighted by molar-refractivity contribution is -0.132. The van der Waals surface area contributed by atoms with Gasteiger partial charge >= 0.3 is 0 Å². The van der Waals surface area contributed by atoms with E-state index in [0.29, 0.717) is 24.0 Å². The van der Waals surface area contributed by atoms with Crippen molar-refractivity contribution in [2.24, 2.45) is 7.05 Å². The van der Waals surface area contributed by atoms with E-state index in [-0.39, 0.29) is 5.91 Å². The molecule has 1 aliphatic heterocycles. The minimum absolute atomic E-state index is 0.223. The second kappa shape index (κ2) is 6.59. The predicted octanol–water partition coefficient (Wildman–Crippen LogP) is 1.56. The van der Waals surface area contributed by atoms with Gasteiger partial charge in [-0.1, -0.05) is 11.6 Å². The van der Waals surface area contributed by atoms with Gasteiger partial charge in [0.15, 0.2) is 0 Å². The lowest BCUT2D eigenvalue weighted by Gasteiger charge is -2.35. The monoisotopic (exact) mass is 298 g/mol. The van der Waals surface area contributed by atoms with Crippen LogP contribution >= 0.6 is 11.6 Å². The number of hydrogen-bond donors (Lipinski definition) is 0. The van der Waals surface area contributed by atoms with Gasteiger partial charge in [0.2, 0.25) is 5.91 Å². The average Bonchev–Trinajstić information content (AvgIpc) is 2.76. The molecule has 2 rings (SSSR count). The van der Waals surface area contributed by atoms with Crippen LogP contribution in [0.15, 0.2) is 6.20 Å². The van der Waals surface area contributed by atoms with Crippen LogP contribution in [0.3, 0.4) is 0 Å². The number of aromatic nitrogens is 2. The molecule has 0 saturated carbocycles. The molecule has 112 valence electrons. The lowest BCUT2D eigenvalue weighted by atomic mass is 10.0. The highest BCUT2D eigenvalue weighted by molar-refractivity contribution is 6.29.